The van der Waals surface area contributed by atoms with Gasteiger partial charge in [-0.25, -0.2) is 8.42 Å². The standard InChI is InChI=1S/C19H27N3O4S/c1-19(2,3)14-20-10-12-21(13-11-20)27(25,26)16-6-4-15(5-7-16)22-17(23)8-9-18(22)24/h4-7H,8-14H2,1-3H3. The topological polar surface area (TPSA) is 78.0 Å². The van der Waals surface area contributed by atoms with Crippen LogP contribution in [0.4, 0.5) is 5.69 Å². The number of sulfonamides is 1. The van der Waals surface area contributed by atoms with Gasteiger partial charge in [0.05, 0.1) is 10.6 Å². The Bertz CT molecular complexity index is 804. The zero-order valence-electron chi connectivity index (χ0n) is 16.1. The molecule has 0 bridgehead atoms. The van der Waals surface area contributed by atoms with Gasteiger partial charge in [-0.2, -0.15) is 4.31 Å². The van der Waals surface area contributed by atoms with Crippen molar-refractivity contribution in [2.75, 3.05) is 37.6 Å². The monoisotopic (exact) mass is 393 g/mol. The Kier molecular flexibility index (Phi) is 5.42. The van der Waals surface area contributed by atoms with Gasteiger partial charge in [0.2, 0.25) is 21.8 Å². The molecule has 0 radical (unpaired) electrons. The number of hydrogen-bond acceptors (Lipinski definition) is 5. The third-order valence-electron chi connectivity index (χ3n) is 4.81. The third kappa shape index (κ3) is 4.39. The summed E-state index contributed by atoms with van der Waals surface area (Å²) in [5.41, 5.74) is 0.609. The second kappa shape index (κ2) is 7.33. The summed E-state index contributed by atoms with van der Waals surface area (Å²) in [7, 11) is -3.58. The van der Waals surface area contributed by atoms with Crippen molar-refractivity contribution in [3.05, 3.63) is 24.3 Å². The van der Waals surface area contributed by atoms with E-state index in [0.717, 1.165) is 11.4 Å². The van der Waals surface area contributed by atoms with Gasteiger partial charge in [0.1, 0.15) is 0 Å². The van der Waals surface area contributed by atoms with Crippen molar-refractivity contribution in [3.63, 3.8) is 0 Å². The maximum absolute atomic E-state index is 12.9. The van der Waals surface area contributed by atoms with E-state index < -0.39 is 10.0 Å². The van der Waals surface area contributed by atoms with Gasteiger partial charge in [0.15, 0.2) is 0 Å². The molecule has 2 amide bonds. The highest BCUT2D eigenvalue weighted by Gasteiger charge is 2.32. The van der Waals surface area contributed by atoms with E-state index in [9.17, 15) is 18.0 Å². The largest absolute Gasteiger partial charge is 0.300 e. The average Bonchev–Trinajstić information content (AvgIpc) is 2.93. The van der Waals surface area contributed by atoms with Crippen LogP contribution in [0.1, 0.15) is 33.6 Å². The van der Waals surface area contributed by atoms with Crippen molar-refractivity contribution in [3.8, 4) is 0 Å². The molecular formula is C19H27N3O4S. The quantitative estimate of drug-likeness (QED) is 0.728. The summed E-state index contributed by atoms with van der Waals surface area (Å²) < 4.78 is 27.3. The molecule has 7 nitrogen and oxygen atoms in total. The lowest BCUT2D eigenvalue weighted by molar-refractivity contribution is -0.121. The lowest BCUT2D eigenvalue weighted by Gasteiger charge is -2.37. The fraction of sp³-hybridized carbons (Fsp3) is 0.579. The lowest BCUT2D eigenvalue weighted by atomic mass is 9.96. The van der Waals surface area contributed by atoms with Gasteiger partial charge in [-0.3, -0.25) is 14.5 Å². The van der Waals surface area contributed by atoms with Crippen LogP contribution in [0.3, 0.4) is 0 Å². The van der Waals surface area contributed by atoms with Crippen LogP contribution in [-0.4, -0.2) is 62.2 Å². The molecule has 8 heteroatoms. The summed E-state index contributed by atoms with van der Waals surface area (Å²) >= 11 is 0. The summed E-state index contributed by atoms with van der Waals surface area (Å²) in [6.07, 6.45) is 0.412. The van der Waals surface area contributed by atoms with E-state index in [-0.39, 0.29) is 35.0 Å². The number of anilines is 1. The number of carbonyl (C=O) groups is 2. The highest BCUT2D eigenvalue weighted by Crippen LogP contribution is 2.26. The first kappa shape index (κ1) is 20.0. The van der Waals surface area contributed by atoms with Crippen LogP contribution in [0.25, 0.3) is 0 Å². The molecule has 0 N–H and O–H groups in total. The predicted octanol–water partition coefficient (Wildman–Crippen LogP) is 1.69. The van der Waals surface area contributed by atoms with Gasteiger partial charge in [-0.15, -0.1) is 0 Å². The molecule has 0 atom stereocenters. The van der Waals surface area contributed by atoms with Crippen LogP contribution in [0.5, 0.6) is 0 Å². The lowest BCUT2D eigenvalue weighted by Crippen LogP contribution is -2.50. The molecule has 1 aromatic carbocycles. The molecule has 0 saturated carbocycles. The first-order valence-electron chi connectivity index (χ1n) is 9.26. The number of benzene rings is 1. The molecule has 1 aromatic rings. The van der Waals surface area contributed by atoms with Gasteiger partial charge < -0.3 is 4.90 Å². The SMILES string of the molecule is CC(C)(C)CN1CCN(S(=O)(=O)c2ccc(N3C(=O)CCC3=O)cc2)CC1. The van der Waals surface area contributed by atoms with Crippen molar-refractivity contribution in [1.82, 2.24) is 9.21 Å². The van der Waals surface area contributed by atoms with Crippen LogP contribution >= 0.6 is 0 Å². The minimum atomic E-state index is -3.58. The molecule has 0 aromatic heterocycles. The zero-order chi connectivity index (χ0) is 19.8. The van der Waals surface area contributed by atoms with E-state index in [4.69, 9.17) is 0 Å². The van der Waals surface area contributed by atoms with E-state index >= 15 is 0 Å². The molecular weight excluding hydrogens is 366 g/mol. The fourth-order valence-corrected chi connectivity index (χ4v) is 5.00. The van der Waals surface area contributed by atoms with Gasteiger partial charge in [0, 0.05) is 45.6 Å². The first-order chi connectivity index (χ1) is 12.6. The maximum atomic E-state index is 12.9. The highest BCUT2D eigenvalue weighted by molar-refractivity contribution is 7.89. The first-order valence-corrected chi connectivity index (χ1v) is 10.7. The normalized spacial score (nSPS) is 20.5. The average molecular weight is 394 g/mol. The van der Waals surface area contributed by atoms with Crippen LogP contribution in [0.15, 0.2) is 29.2 Å². The number of hydrogen-bond donors (Lipinski definition) is 0. The molecule has 0 spiro atoms. The molecule has 2 saturated heterocycles. The predicted molar refractivity (Wildman–Crippen MR) is 103 cm³/mol. The number of imide groups is 1. The van der Waals surface area contributed by atoms with Crippen LogP contribution in [0.2, 0.25) is 0 Å². The summed E-state index contributed by atoms with van der Waals surface area (Å²) in [5, 5.41) is 0. The number of piperazine rings is 1. The Balaban J connectivity index is 1.69. The second-order valence-electron chi connectivity index (χ2n) is 8.36. The Morgan fingerprint density at radius 2 is 1.41 bits per heavy atom. The molecule has 2 aliphatic rings. The van der Waals surface area contributed by atoms with E-state index in [0.29, 0.717) is 31.9 Å². The van der Waals surface area contributed by atoms with Gasteiger partial charge in [-0.1, -0.05) is 20.8 Å². The molecule has 27 heavy (non-hydrogen) atoms. The highest BCUT2D eigenvalue weighted by atomic mass is 32.2. The summed E-state index contributed by atoms with van der Waals surface area (Å²) in [6.45, 7) is 9.81. The molecule has 3 rings (SSSR count). The smallest absolute Gasteiger partial charge is 0.243 e. The van der Waals surface area contributed by atoms with E-state index in [1.165, 1.54) is 28.6 Å². The van der Waals surface area contributed by atoms with Crippen molar-refractivity contribution in [1.29, 1.82) is 0 Å². The Morgan fingerprint density at radius 3 is 1.89 bits per heavy atom. The van der Waals surface area contributed by atoms with Crippen LogP contribution < -0.4 is 4.90 Å². The van der Waals surface area contributed by atoms with Crippen molar-refractivity contribution in [2.24, 2.45) is 5.41 Å². The van der Waals surface area contributed by atoms with E-state index in [1.807, 2.05) is 0 Å². The van der Waals surface area contributed by atoms with Crippen LogP contribution in [-0.2, 0) is 19.6 Å². The number of amides is 2. The van der Waals surface area contributed by atoms with Crippen molar-refractivity contribution < 1.29 is 18.0 Å². The van der Waals surface area contributed by atoms with Gasteiger partial charge in [0.25, 0.3) is 0 Å². The zero-order valence-corrected chi connectivity index (χ0v) is 17.0. The number of carbonyl (C=O) groups excluding carboxylic acids is 2. The summed E-state index contributed by atoms with van der Waals surface area (Å²) in [5.74, 6) is -0.490. The summed E-state index contributed by atoms with van der Waals surface area (Å²) in [6, 6.07) is 6.02. The second-order valence-corrected chi connectivity index (χ2v) is 10.3. The molecule has 0 unspecified atom stereocenters. The number of rotatable bonds is 4. The van der Waals surface area contributed by atoms with E-state index in [1.54, 1.807) is 0 Å². The molecule has 2 heterocycles. The third-order valence-corrected chi connectivity index (χ3v) is 6.73. The summed E-state index contributed by atoms with van der Waals surface area (Å²) in [4.78, 5) is 27.2. The van der Waals surface area contributed by atoms with E-state index in [2.05, 4.69) is 25.7 Å². The van der Waals surface area contributed by atoms with Crippen LogP contribution in [0, 0.1) is 5.41 Å². The Morgan fingerprint density at radius 1 is 0.889 bits per heavy atom. The maximum Gasteiger partial charge on any atom is 0.243 e. The fourth-order valence-electron chi connectivity index (χ4n) is 3.58. The number of nitrogens with zero attached hydrogens (tertiary/aromatic N) is 3. The van der Waals surface area contributed by atoms with Gasteiger partial charge >= 0.3 is 0 Å². The molecule has 2 fully saturated rings. The molecule has 2 aliphatic heterocycles. The van der Waals surface area contributed by atoms with Crippen molar-refractivity contribution in [2.45, 2.75) is 38.5 Å². The minimum absolute atomic E-state index is 0.182. The molecule has 0 aliphatic carbocycles. The van der Waals surface area contributed by atoms with Crippen molar-refractivity contribution >= 4 is 27.5 Å². The Hall–Kier alpha value is -1.77. The van der Waals surface area contributed by atoms with Gasteiger partial charge in [-0.05, 0) is 29.7 Å². The molecule has 148 valence electrons. The minimum Gasteiger partial charge on any atom is -0.300 e. The Labute approximate surface area is 161 Å².